The molecule has 110 valence electrons. The van der Waals surface area contributed by atoms with E-state index in [2.05, 4.69) is 16.0 Å². The summed E-state index contributed by atoms with van der Waals surface area (Å²) in [6.45, 7) is 1.42. The first-order chi connectivity index (χ1) is 9.94. The third-order valence-electron chi connectivity index (χ3n) is 2.63. The predicted octanol–water partition coefficient (Wildman–Crippen LogP) is 1.49. The van der Waals surface area contributed by atoms with Gasteiger partial charge in [0.25, 0.3) is 0 Å². The highest BCUT2D eigenvalue weighted by molar-refractivity contribution is 8.24. The van der Waals surface area contributed by atoms with Gasteiger partial charge in [-0.15, -0.1) is 0 Å². The Hall–Kier alpha value is -1.93. The van der Waals surface area contributed by atoms with Crippen LogP contribution in [0.3, 0.4) is 0 Å². The first-order valence-corrected chi connectivity index (χ1v) is 7.42. The number of anilines is 2. The quantitative estimate of drug-likeness (QED) is 0.731. The Morgan fingerprint density at radius 1 is 1.24 bits per heavy atom. The van der Waals surface area contributed by atoms with Gasteiger partial charge >= 0.3 is 0 Å². The lowest BCUT2D eigenvalue weighted by atomic mass is 10.2. The average molecular weight is 323 g/mol. The van der Waals surface area contributed by atoms with Gasteiger partial charge < -0.3 is 16.0 Å². The van der Waals surface area contributed by atoms with Gasteiger partial charge in [0, 0.05) is 24.7 Å². The summed E-state index contributed by atoms with van der Waals surface area (Å²) in [5.41, 5.74) is 1.25. The first kappa shape index (κ1) is 15.5. The summed E-state index contributed by atoms with van der Waals surface area (Å²) in [7, 11) is 0. The summed E-state index contributed by atoms with van der Waals surface area (Å²) in [5, 5.41) is 7.35. The lowest BCUT2D eigenvalue weighted by Crippen LogP contribution is -2.27. The van der Waals surface area contributed by atoms with E-state index in [1.165, 1.54) is 18.7 Å². The molecule has 21 heavy (non-hydrogen) atoms. The molecule has 6 nitrogen and oxygen atoms in total. The van der Waals surface area contributed by atoms with Crippen molar-refractivity contribution in [3.8, 4) is 0 Å². The van der Waals surface area contributed by atoms with E-state index in [1.807, 2.05) is 0 Å². The Labute approximate surface area is 131 Å². The second-order valence-corrected chi connectivity index (χ2v) is 6.27. The van der Waals surface area contributed by atoms with E-state index in [4.69, 9.17) is 12.2 Å². The molecule has 1 fully saturated rings. The van der Waals surface area contributed by atoms with Crippen molar-refractivity contribution in [2.45, 2.75) is 18.6 Å². The summed E-state index contributed by atoms with van der Waals surface area (Å²) in [6.07, 6.45) is 0.0596. The zero-order valence-corrected chi connectivity index (χ0v) is 12.8. The fourth-order valence-electron chi connectivity index (χ4n) is 1.75. The van der Waals surface area contributed by atoms with Crippen molar-refractivity contribution in [3.63, 3.8) is 0 Å². The Morgan fingerprint density at radius 2 is 1.81 bits per heavy atom. The van der Waals surface area contributed by atoms with E-state index >= 15 is 0 Å². The van der Waals surface area contributed by atoms with Gasteiger partial charge in [-0.1, -0.05) is 24.0 Å². The Kier molecular flexibility index (Phi) is 4.92. The van der Waals surface area contributed by atoms with E-state index in [0.29, 0.717) is 15.7 Å². The van der Waals surface area contributed by atoms with Crippen LogP contribution in [0.1, 0.15) is 13.3 Å². The Bertz CT molecular complexity index is 601. The minimum atomic E-state index is -0.476. The maximum absolute atomic E-state index is 11.9. The molecule has 1 atom stereocenters. The van der Waals surface area contributed by atoms with E-state index in [1.54, 1.807) is 24.3 Å². The van der Waals surface area contributed by atoms with Crippen LogP contribution in [0.5, 0.6) is 0 Å². The van der Waals surface area contributed by atoms with Crippen LogP contribution in [-0.4, -0.2) is 27.3 Å². The minimum Gasteiger partial charge on any atom is -0.326 e. The summed E-state index contributed by atoms with van der Waals surface area (Å²) in [6, 6.07) is 6.72. The number of thiocarbonyl (C=S) groups is 1. The molecule has 0 aromatic heterocycles. The molecule has 0 saturated carbocycles. The van der Waals surface area contributed by atoms with Crippen molar-refractivity contribution in [1.82, 2.24) is 5.32 Å². The summed E-state index contributed by atoms with van der Waals surface area (Å²) >= 11 is 6.05. The molecule has 2 rings (SSSR count). The molecule has 3 N–H and O–H groups in total. The summed E-state index contributed by atoms with van der Waals surface area (Å²) in [5.74, 6) is -0.659. The normalized spacial score (nSPS) is 17.3. The molecule has 0 aliphatic carbocycles. The van der Waals surface area contributed by atoms with Gasteiger partial charge in [-0.3, -0.25) is 14.4 Å². The maximum Gasteiger partial charge on any atom is 0.239 e. The third-order valence-corrected chi connectivity index (χ3v) is 4.00. The molecule has 3 amide bonds. The second kappa shape index (κ2) is 6.68. The van der Waals surface area contributed by atoms with Gasteiger partial charge in [0.1, 0.15) is 4.32 Å². The van der Waals surface area contributed by atoms with Crippen molar-refractivity contribution >= 4 is 57.4 Å². The Balaban J connectivity index is 1.89. The van der Waals surface area contributed by atoms with Crippen LogP contribution in [0.25, 0.3) is 0 Å². The van der Waals surface area contributed by atoms with Crippen LogP contribution >= 0.6 is 24.0 Å². The highest BCUT2D eigenvalue weighted by Gasteiger charge is 2.30. The highest BCUT2D eigenvalue weighted by Crippen LogP contribution is 2.23. The molecule has 1 saturated heterocycles. The van der Waals surface area contributed by atoms with Crippen LogP contribution in [0.4, 0.5) is 11.4 Å². The van der Waals surface area contributed by atoms with Gasteiger partial charge in [-0.25, -0.2) is 0 Å². The number of nitrogens with one attached hydrogen (secondary N) is 3. The lowest BCUT2D eigenvalue weighted by molar-refractivity contribution is -0.122. The van der Waals surface area contributed by atoms with Crippen molar-refractivity contribution in [3.05, 3.63) is 24.3 Å². The van der Waals surface area contributed by atoms with Crippen LogP contribution in [-0.2, 0) is 14.4 Å². The summed E-state index contributed by atoms with van der Waals surface area (Å²) in [4.78, 5) is 34.2. The van der Waals surface area contributed by atoms with Crippen LogP contribution in [0, 0.1) is 0 Å². The molecular weight excluding hydrogens is 310 g/mol. The number of benzene rings is 1. The maximum atomic E-state index is 11.9. The zero-order chi connectivity index (χ0) is 15.4. The number of carbonyl (C=O) groups excluding carboxylic acids is 3. The molecule has 0 unspecified atom stereocenters. The number of thioether (sulfide) groups is 1. The standard InChI is InChI=1S/C13H13N3O3S2/c1-7(17)14-8-2-4-9(5-3-8)15-11(18)6-10-12(19)16-13(20)21-10/h2-5,10H,6H2,1H3,(H,14,17)(H,15,18)(H,16,19,20)/t10-/m1/s1. The lowest BCUT2D eigenvalue weighted by Gasteiger charge is -2.08. The van der Waals surface area contributed by atoms with Gasteiger partial charge in [0.05, 0.1) is 5.25 Å². The van der Waals surface area contributed by atoms with Crippen LogP contribution in [0.2, 0.25) is 0 Å². The fourth-order valence-corrected chi connectivity index (χ4v) is 3.02. The molecular formula is C13H13N3O3S2. The van der Waals surface area contributed by atoms with Crippen LogP contribution in [0.15, 0.2) is 24.3 Å². The molecule has 1 aliphatic heterocycles. The van der Waals surface area contributed by atoms with Crippen molar-refractivity contribution in [2.24, 2.45) is 0 Å². The SMILES string of the molecule is CC(=O)Nc1ccc(NC(=O)C[C@H]2SC(=S)NC2=O)cc1. The van der Waals surface area contributed by atoms with Crippen molar-refractivity contribution in [1.29, 1.82) is 0 Å². The second-order valence-electron chi connectivity index (χ2n) is 4.39. The van der Waals surface area contributed by atoms with Gasteiger partial charge in [-0.05, 0) is 24.3 Å². The van der Waals surface area contributed by atoms with Gasteiger partial charge in [0.2, 0.25) is 17.7 Å². The smallest absolute Gasteiger partial charge is 0.239 e. The number of rotatable bonds is 4. The largest absolute Gasteiger partial charge is 0.326 e. The molecule has 8 heteroatoms. The third kappa shape index (κ3) is 4.54. The predicted molar refractivity (Wildman–Crippen MR) is 86.1 cm³/mol. The van der Waals surface area contributed by atoms with E-state index in [9.17, 15) is 14.4 Å². The zero-order valence-electron chi connectivity index (χ0n) is 11.1. The molecule has 0 spiro atoms. The van der Waals surface area contributed by atoms with Gasteiger partial charge in [-0.2, -0.15) is 0 Å². The molecule has 0 radical (unpaired) electrons. The van der Waals surface area contributed by atoms with E-state index in [0.717, 1.165) is 0 Å². The highest BCUT2D eigenvalue weighted by atomic mass is 32.2. The molecule has 1 heterocycles. The fraction of sp³-hybridized carbons (Fsp3) is 0.231. The van der Waals surface area contributed by atoms with Crippen LogP contribution < -0.4 is 16.0 Å². The van der Waals surface area contributed by atoms with E-state index < -0.39 is 5.25 Å². The number of carbonyl (C=O) groups is 3. The van der Waals surface area contributed by atoms with Crippen molar-refractivity contribution in [2.75, 3.05) is 10.6 Å². The molecule has 1 aliphatic rings. The Morgan fingerprint density at radius 3 is 2.29 bits per heavy atom. The number of hydrogen-bond donors (Lipinski definition) is 3. The topological polar surface area (TPSA) is 87.3 Å². The molecule has 1 aromatic rings. The summed E-state index contributed by atoms with van der Waals surface area (Å²) < 4.78 is 0.400. The van der Waals surface area contributed by atoms with Crippen molar-refractivity contribution < 1.29 is 14.4 Å². The van der Waals surface area contributed by atoms with E-state index in [-0.39, 0.29) is 24.1 Å². The number of amides is 3. The van der Waals surface area contributed by atoms with Gasteiger partial charge in [0.15, 0.2) is 0 Å². The molecule has 1 aromatic carbocycles. The minimum absolute atomic E-state index is 0.0596. The number of hydrogen-bond acceptors (Lipinski definition) is 5. The first-order valence-electron chi connectivity index (χ1n) is 6.13. The molecule has 0 bridgehead atoms. The monoisotopic (exact) mass is 323 g/mol. The average Bonchev–Trinajstić information content (AvgIpc) is 2.69.